The summed E-state index contributed by atoms with van der Waals surface area (Å²) >= 11 is 0. The van der Waals surface area contributed by atoms with Gasteiger partial charge in [0.1, 0.15) is 5.75 Å². The number of carbonyl (C=O) groups excluding carboxylic acids is 2. The maximum atomic E-state index is 13.1. The van der Waals surface area contributed by atoms with E-state index < -0.39 is 23.5 Å². The minimum absolute atomic E-state index is 0.380. The fraction of sp³-hybridized carbons (Fsp3) is 0.524. The molecule has 138 valence electrons. The topological polar surface area (TPSA) is 69.7 Å². The van der Waals surface area contributed by atoms with Crippen molar-refractivity contribution in [3.05, 3.63) is 41.5 Å². The van der Waals surface area contributed by atoms with Gasteiger partial charge >= 0.3 is 0 Å². The molecular formula is C21H24NO4-. The average Bonchev–Trinajstić information content (AvgIpc) is 2.61. The molecular weight excluding hydrogens is 330 g/mol. The molecule has 3 atom stereocenters. The lowest BCUT2D eigenvalue weighted by atomic mass is 9.73. The number of allylic oxidation sites excluding steroid dienone is 1. The molecule has 0 N–H and O–H groups in total. The van der Waals surface area contributed by atoms with Crippen molar-refractivity contribution >= 4 is 11.9 Å². The first kappa shape index (κ1) is 17.1. The molecule has 4 rings (SSSR count). The van der Waals surface area contributed by atoms with Crippen molar-refractivity contribution < 1.29 is 19.4 Å². The van der Waals surface area contributed by atoms with Crippen LogP contribution in [0.25, 0.3) is 0 Å². The Kier molecular flexibility index (Phi) is 4.25. The van der Waals surface area contributed by atoms with Crippen LogP contribution in [0.15, 0.2) is 35.9 Å². The van der Waals surface area contributed by atoms with Crippen LogP contribution in [-0.2, 0) is 9.59 Å². The van der Waals surface area contributed by atoms with E-state index in [0.717, 1.165) is 24.8 Å². The third-order valence-corrected chi connectivity index (χ3v) is 6.05. The molecule has 0 unspecified atom stereocenters. The van der Waals surface area contributed by atoms with Crippen molar-refractivity contribution in [2.24, 2.45) is 5.92 Å². The minimum atomic E-state index is -1.29. The zero-order chi connectivity index (χ0) is 18.3. The highest BCUT2D eigenvalue weighted by atomic mass is 16.5. The Hall–Kier alpha value is -2.30. The minimum Gasteiger partial charge on any atom is -0.549 e. The molecule has 0 radical (unpaired) electrons. The third-order valence-electron chi connectivity index (χ3n) is 6.05. The van der Waals surface area contributed by atoms with Crippen LogP contribution in [0.2, 0.25) is 0 Å². The first-order valence-corrected chi connectivity index (χ1v) is 9.48. The monoisotopic (exact) mass is 354 g/mol. The fourth-order valence-electron chi connectivity index (χ4n) is 4.71. The normalized spacial score (nSPS) is 30.3. The molecule has 2 bridgehead atoms. The summed E-state index contributed by atoms with van der Waals surface area (Å²) in [5, 5.41) is 11.8. The van der Waals surface area contributed by atoms with Crippen molar-refractivity contribution in [2.75, 3.05) is 6.54 Å². The van der Waals surface area contributed by atoms with Crippen LogP contribution in [0.4, 0.5) is 0 Å². The number of carbonyl (C=O) groups is 2. The number of ether oxygens (including phenoxy) is 1. The smallest absolute Gasteiger partial charge is 0.235 e. The summed E-state index contributed by atoms with van der Waals surface area (Å²) in [4.78, 5) is 26.5. The Labute approximate surface area is 153 Å². The largest absolute Gasteiger partial charge is 0.549 e. The van der Waals surface area contributed by atoms with Crippen LogP contribution in [0, 0.1) is 5.92 Å². The zero-order valence-corrected chi connectivity index (χ0v) is 15.1. The zero-order valence-electron chi connectivity index (χ0n) is 15.1. The van der Waals surface area contributed by atoms with Crippen molar-refractivity contribution in [1.29, 1.82) is 0 Å². The lowest BCUT2D eigenvalue weighted by molar-refractivity contribution is -0.313. The maximum Gasteiger partial charge on any atom is 0.235 e. The second kappa shape index (κ2) is 6.45. The Balaban J connectivity index is 1.66. The van der Waals surface area contributed by atoms with Crippen LogP contribution in [-0.4, -0.2) is 29.0 Å². The lowest BCUT2D eigenvalue weighted by Crippen LogP contribution is -2.65. The number of benzene rings is 1. The molecule has 5 heteroatoms. The van der Waals surface area contributed by atoms with Gasteiger partial charge in [-0.05, 0) is 50.7 Å². The molecule has 2 heterocycles. The molecule has 3 aliphatic rings. The molecule has 1 amide bonds. The highest BCUT2D eigenvalue weighted by molar-refractivity contribution is 5.98. The number of carboxylic acids is 1. The number of nitrogens with zero attached hydrogens (tertiary/aromatic N) is 1. The summed E-state index contributed by atoms with van der Waals surface area (Å²) in [6.45, 7) is 2.38. The van der Waals surface area contributed by atoms with Crippen LogP contribution in [0.1, 0.15) is 56.9 Å². The van der Waals surface area contributed by atoms with E-state index in [1.54, 1.807) is 4.90 Å². The summed E-state index contributed by atoms with van der Waals surface area (Å²) in [5.74, 6) is -2.54. The molecule has 1 saturated heterocycles. The number of amides is 1. The van der Waals surface area contributed by atoms with E-state index in [4.69, 9.17) is 4.74 Å². The van der Waals surface area contributed by atoms with Crippen LogP contribution in [0.5, 0.6) is 5.75 Å². The number of likely N-dealkylation sites (tertiary alicyclic amines) is 1. The summed E-state index contributed by atoms with van der Waals surface area (Å²) in [5.41, 5.74) is 1.34. The Bertz CT molecular complexity index is 771. The molecule has 1 fully saturated rings. The van der Waals surface area contributed by atoms with Crippen molar-refractivity contribution in [3.8, 4) is 5.75 Å². The van der Waals surface area contributed by atoms with E-state index in [9.17, 15) is 14.7 Å². The molecule has 1 aromatic rings. The van der Waals surface area contributed by atoms with Gasteiger partial charge in [0.2, 0.25) is 5.91 Å². The van der Waals surface area contributed by atoms with Gasteiger partial charge in [0.05, 0.1) is 11.9 Å². The second-order valence-corrected chi connectivity index (χ2v) is 7.77. The lowest BCUT2D eigenvalue weighted by Gasteiger charge is -2.53. The van der Waals surface area contributed by atoms with Gasteiger partial charge in [-0.3, -0.25) is 4.79 Å². The van der Waals surface area contributed by atoms with E-state index in [1.807, 2.05) is 31.2 Å². The van der Waals surface area contributed by atoms with Gasteiger partial charge in [-0.25, -0.2) is 0 Å². The number of aliphatic carboxylic acids is 1. The van der Waals surface area contributed by atoms with Gasteiger partial charge in [-0.2, -0.15) is 0 Å². The molecule has 26 heavy (non-hydrogen) atoms. The molecule has 0 aromatic heterocycles. The number of para-hydroxylation sites is 1. The fourth-order valence-corrected chi connectivity index (χ4v) is 4.71. The van der Waals surface area contributed by atoms with Crippen LogP contribution in [0.3, 0.4) is 0 Å². The Morgan fingerprint density at radius 3 is 2.88 bits per heavy atom. The predicted octanol–water partition coefficient (Wildman–Crippen LogP) is 2.37. The molecule has 1 aliphatic carbocycles. The van der Waals surface area contributed by atoms with Gasteiger partial charge in [0.15, 0.2) is 5.72 Å². The van der Waals surface area contributed by atoms with Crippen LogP contribution < -0.4 is 9.84 Å². The summed E-state index contributed by atoms with van der Waals surface area (Å²) in [6.07, 6.45) is 8.08. The average molecular weight is 354 g/mol. The third kappa shape index (κ3) is 2.79. The summed E-state index contributed by atoms with van der Waals surface area (Å²) in [7, 11) is 0. The number of rotatable bonds is 4. The van der Waals surface area contributed by atoms with Crippen molar-refractivity contribution in [2.45, 2.75) is 57.1 Å². The maximum absolute atomic E-state index is 13.1. The highest BCUT2D eigenvalue weighted by Gasteiger charge is 2.54. The van der Waals surface area contributed by atoms with Crippen molar-refractivity contribution in [1.82, 2.24) is 4.90 Å². The number of fused-ring (bicyclic) bond motifs is 4. The number of hydrogen-bond acceptors (Lipinski definition) is 4. The molecule has 0 saturated carbocycles. The SMILES string of the molecule is C[C@@]12C[C@@H](c3ccccc3O1)[C@H](C(=O)[O-])C(=O)N2CCC1=CCCCC1. The highest BCUT2D eigenvalue weighted by Crippen LogP contribution is 2.50. The van der Waals surface area contributed by atoms with Crippen molar-refractivity contribution in [3.63, 3.8) is 0 Å². The molecule has 1 aromatic carbocycles. The van der Waals surface area contributed by atoms with Gasteiger partial charge in [0, 0.05) is 18.9 Å². The number of hydrogen-bond donors (Lipinski definition) is 0. The van der Waals surface area contributed by atoms with E-state index in [0.29, 0.717) is 18.7 Å². The summed E-state index contributed by atoms with van der Waals surface area (Å²) < 4.78 is 6.21. The predicted molar refractivity (Wildman–Crippen MR) is 94.2 cm³/mol. The second-order valence-electron chi connectivity index (χ2n) is 7.77. The molecule has 2 aliphatic heterocycles. The first-order chi connectivity index (χ1) is 12.5. The molecule has 0 spiro atoms. The van der Waals surface area contributed by atoms with Gasteiger partial charge in [0.25, 0.3) is 0 Å². The van der Waals surface area contributed by atoms with E-state index >= 15 is 0 Å². The number of carboxylic acid groups (broad SMARTS) is 1. The standard InChI is InChI=1S/C21H25NO4/c1-21-13-16(15-9-5-6-10-17(15)26-21)18(20(24)25)19(23)22(21)12-11-14-7-3-2-4-8-14/h5-7,9-10,16,18H,2-4,8,11-13H2,1H3,(H,24,25)/p-1/t16-,18-,21-/m0/s1. The van der Waals surface area contributed by atoms with E-state index in [-0.39, 0.29) is 5.91 Å². The van der Waals surface area contributed by atoms with E-state index in [1.165, 1.54) is 18.4 Å². The number of piperidine rings is 1. The van der Waals surface area contributed by atoms with E-state index in [2.05, 4.69) is 6.08 Å². The van der Waals surface area contributed by atoms with Gasteiger partial charge in [-0.15, -0.1) is 0 Å². The quantitative estimate of drug-likeness (QED) is 0.615. The Morgan fingerprint density at radius 2 is 2.15 bits per heavy atom. The van der Waals surface area contributed by atoms with Crippen LogP contribution >= 0.6 is 0 Å². The van der Waals surface area contributed by atoms with Gasteiger partial charge < -0.3 is 19.5 Å². The summed E-state index contributed by atoms with van der Waals surface area (Å²) in [6, 6.07) is 7.43. The Morgan fingerprint density at radius 1 is 1.35 bits per heavy atom. The first-order valence-electron chi connectivity index (χ1n) is 9.48. The van der Waals surface area contributed by atoms with Gasteiger partial charge in [-0.1, -0.05) is 29.8 Å². The molecule has 5 nitrogen and oxygen atoms in total.